The molecule has 0 spiro atoms. The summed E-state index contributed by atoms with van der Waals surface area (Å²) in [4.78, 5) is 0. The molecule has 2 aromatic rings. The zero-order valence-electron chi connectivity index (χ0n) is 9.18. The topological polar surface area (TPSA) is 73.1 Å². The molecule has 0 saturated heterocycles. The lowest BCUT2D eigenvalue weighted by atomic mass is 10.1. The van der Waals surface area contributed by atoms with Gasteiger partial charge in [0.2, 0.25) is 0 Å². The minimum Gasteiger partial charge on any atom is -0.434 e. The molecule has 2 rings (SSSR count). The third-order valence-corrected chi connectivity index (χ3v) is 2.19. The zero-order chi connectivity index (χ0) is 13.0. The van der Waals surface area contributed by atoms with Gasteiger partial charge in [0, 0.05) is 5.56 Å². The van der Waals surface area contributed by atoms with Crippen LogP contribution in [-0.4, -0.2) is 16.8 Å². The van der Waals surface area contributed by atoms with E-state index in [1.54, 1.807) is 30.3 Å². The number of benzene rings is 1. The highest BCUT2D eigenvalue weighted by atomic mass is 19.3. The molecule has 5 nitrogen and oxygen atoms in total. The SMILES string of the molecule is NNc1ccc(-c2ccccc2OC(F)F)nn1. The molecule has 0 saturated carbocycles. The van der Waals surface area contributed by atoms with Gasteiger partial charge in [0.25, 0.3) is 0 Å². The van der Waals surface area contributed by atoms with Crippen molar-refractivity contribution in [3.05, 3.63) is 36.4 Å². The maximum absolute atomic E-state index is 12.3. The summed E-state index contributed by atoms with van der Waals surface area (Å²) >= 11 is 0. The van der Waals surface area contributed by atoms with E-state index in [0.29, 0.717) is 17.1 Å². The number of nitrogens with one attached hydrogen (secondary N) is 1. The Labute approximate surface area is 102 Å². The Balaban J connectivity index is 2.36. The van der Waals surface area contributed by atoms with Crippen LogP contribution < -0.4 is 16.0 Å². The summed E-state index contributed by atoms with van der Waals surface area (Å²) in [6.07, 6.45) is 0. The number of rotatable bonds is 4. The van der Waals surface area contributed by atoms with Crippen LogP contribution in [0.1, 0.15) is 0 Å². The van der Waals surface area contributed by atoms with Crippen molar-refractivity contribution in [3.8, 4) is 17.0 Å². The van der Waals surface area contributed by atoms with E-state index in [1.807, 2.05) is 0 Å². The summed E-state index contributed by atoms with van der Waals surface area (Å²) in [7, 11) is 0. The van der Waals surface area contributed by atoms with Gasteiger partial charge in [-0.2, -0.15) is 8.78 Å². The van der Waals surface area contributed by atoms with Gasteiger partial charge in [-0.3, -0.25) is 0 Å². The van der Waals surface area contributed by atoms with Crippen molar-refractivity contribution >= 4 is 5.82 Å². The van der Waals surface area contributed by atoms with E-state index < -0.39 is 6.61 Å². The second-order valence-electron chi connectivity index (χ2n) is 3.32. The predicted molar refractivity (Wildman–Crippen MR) is 61.9 cm³/mol. The molecule has 3 N–H and O–H groups in total. The maximum Gasteiger partial charge on any atom is 0.387 e. The number of anilines is 1. The fourth-order valence-electron chi connectivity index (χ4n) is 1.43. The van der Waals surface area contributed by atoms with Gasteiger partial charge in [-0.25, -0.2) is 5.84 Å². The van der Waals surface area contributed by atoms with Crippen LogP contribution >= 0.6 is 0 Å². The number of nitrogen functional groups attached to an aromatic ring is 1. The normalized spacial score (nSPS) is 10.4. The van der Waals surface area contributed by atoms with Crippen LogP contribution in [0.4, 0.5) is 14.6 Å². The van der Waals surface area contributed by atoms with E-state index in [0.717, 1.165) is 0 Å². The Morgan fingerprint density at radius 3 is 2.50 bits per heavy atom. The van der Waals surface area contributed by atoms with Gasteiger partial charge in [0.1, 0.15) is 5.75 Å². The molecular weight excluding hydrogens is 242 g/mol. The van der Waals surface area contributed by atoms with Gasteiger partial charge >= 0.3 is 6.61 Å². The molecule has 18 heavy (non-hydrogen) atoms. The van der Waals surface area contributed by atoms with Crippen LogP contribution in [0.3, 0.4) is 0 Å². The van der Waals surface area contributed by atoms with Crippen LogP contribution in [0, 0.1) is 0 Å². The number of halogens is 2. The quantitative estimate of drug-likeness (QED) is 0.643. The number of hydrazine groups is 1. The van der Waals surface area contributed by atoms with Crippen LogP contribution in [0.15, 0.2) is 36.4 Å². The molecule has 0 radical (unpaired) electrons. The first-order valence-electron chi connectivity index (χ1n) is 5.05. The zero-order valence-corrected chi connectivity index (χ0v) is 9.18. The fourth-order valence-corrected chi connectivity index (χ4v) is 1.43. The van der Waals surface area contributed by atoms with Crippen LogP contribution in [-0.2, 0) is 0 Å². The Hall–Kier alpha value is -2.28. The first kappa shape index (κ1) is 12.2. The summed E-state index contributed by atoms with van der Waals surface area (Å²) in [6.45, 7) is -2.89. The molecule has 1 heterocycles. The van der Waals surface area contributed by atoms with Gasteiger partial charge in [-0.1, -0.05) is 12.1 Å². The predicted octanol–water partition coefficient (Wildman–Crippen LogP) is 2.03. The molecule has 0 unspecified atom stereocenters. The number of nitrogens with two attached hydrogens (primary N) is 1. The third-order valence-electron chi connectivity index (χ3n) is 2.19. The highest BCUT2D eigenvalue weighted by Gasteiger charge is 2.11. The first-order chi connectivity index (χ1) is 8.70. The summed E-state index contributed by atoms with van der Waals surface area (Å²) in [5.74, 6) is 5.59. The van der Waals surface area contributed by atoms with Crippen LogP contribution in [0.5, 0.6) is 5.75 Å². The molecule has 0 fully saturated rings. The van der Waals surface area contributed by atoms with E-state index in [9.17, 15) is 8.78 Å². The minimum absolute atomic E-state index is 0.0512. The number of hydrogen-bond donors (Lipinski definition) is 2. The van der Waals surface area contributed by atoms with Crippen molar-refractivity contribution in [1.82, 2.24) is 10.2 Å². The molecular formula is C11H10F2N4O. The van der Waals surface area contributed by atoms with Crippen LogP contribution in [0.2, 0.25) is 0 Å². The number of nitrogens with zero attached hydrogens (tertiary/aromatic N) is 2. The average molecular weight is 252 g/mol. The summed E-state index contributed by atoms with van der Waals surface area (Å²) < 4.78 is 28.9. The molecule has 1 aromatic carbocycles. The average Bonchev–Trinajstić information content (AvgIpc) is 2.39. The lowest BCUT2D eigenvalue weighted by Crippen LogP contribution is -2.09. The molecule has 0 bridgehead atoms. The molecule has 94 valence electrons. The monoisotopic (exact) mass is 252 g/mol. The first-order valence-corrected chi connectivity index (χ1v) is 5.05. The van der Waals surface area contributed by atoms with Crippen molar-refractivity contribution in [2.45, 2.75) is 6.61 Å². The van der Waals surface area contributed by atoms with E-state index in [4.69, 9.17) is 5.84 Å². The Morgan fingerprint density at radius 1 is 1.11 bits per heavy atom. The maximum atomic E-state index is 12.3. The van der Waals surface area contributed by atoms with E-state index >= 15 is 0 Å². The van der Waals surface area contributed by atoms with Crippen molar-refractivity contribution in [3.63, 3.8) is 0 Å². The Bertz CT molecular complexity index is 519. The fraction of sp³-hybridized carbons (Fsp3) is 0.0909. The third kappa shape index (κ3) is 2.69. The van der Waals surface area contributed by atoms with Crippen molar-refractivity contribution < 1.29 is 13.5 Å². The summed E-state index contributed by atoms with van der Waals surface area (Å²) in [5.41, 5.74) is 3.19. The Morgan fingerprint density at radius 2 is 1.89 bits per heavy atom. The molecule has 1 aromatic heterocycles. The molecule has 0 aliphatic heterocycles. The number of aromatic nitrogens is 2. The second-order valence-corrected chi connectivity index (χ2v) is 3.32. The number of hydrogen-bond acceptors (Lipinski definition) is 5. The largest absolute Gasteiger partial charge is 0.434 e. The van der Waals surface area contributed by atoms with E-state index in [2.05, 4.69) is 20.4 Å². The van der Waals surface area contributed by atoms with Crippen LogP contribution in [0.25, 0.3) is 11.3 Å². The lowest BCUT2D eigenvalue weighted by molar-refractivity contribution is -0.0494. The van der Waals surface area contributed by atoms with Crippen molar-refractivity contribution in [2.24, 2.45) is 5.84 Å². The number of alkyl halides is 2. The van der Waals surface area contributed by atoms with Gasteiger partial charge in [0.05, 0.1) is 5.69 Å². The van der Waals surface area contributed by atoms with Crippen molar-refractivity contribution in [1.29, 1.82) is 0 Å². The van der Waals surface area contributed by atoms with Gasteiger partial charge in [-0.15, -0.1) is 10.2 Å². The van der Waals surface area contributed by atoms with Gasteiger partial charge < -0.3 is 10.2 Å². The standard InChI is InChI=1S/C11H10F2N4O/c12-11(13)18-9-4-2-1-3-7(9)8-5-6-10(15-14)17-16-8/h1-6,11H,14H2,(H,15,17). The number of para-hydroxylation sites is 1. The highest BCUT2D eigenvalue weighted by Crippen LogP contribution is 2.29. The highest BCUT2D eigenvalue weighted by molar-refractivity contribution is 5.67. The second kappa shape index (κ2) is 5.37. The van der Waals surface area contributed by atoms with Gasteiger partial charge in [-0.05, 0) is 24.3 Å². The summed E-state index contributed by atoms with van der Waals surface area (Å²) in [6, 6.07) is 9.56. The molecule has 0 amide bonds. The smallest absolute Gasteiger partial charge is 0.387 e. The van der Waals surface area contributed by atoms with E-state index in [-0.39, 0.29) is 5.75 Å². The Kier molecular flexibility index (Phi) is 3.63. The molecule has 7 heteroatoms. The minimum atomic E-state index is -2.89. The molecule has 0 atom stereocenters. The number of ether oxygens (including phenoxy) is 1. The van der Waals surface area contributed by atoms with E-state index in [1.165, 1.54) is 6.07 Å². The summed E-state index contributed by atoms with van der Waals surface area (Å²) in [5, 5.41) is 7.63. The molecule has 0 aliphatic rings. The molecule has 0 aliphatic carbocycles. The van der Waals surface area contributed by atoms with Gasteiger partial charge in [0.15, 0.2) is 5.82 Å². The van der Waals surface area contributed by atoms with Crippen molar-refractivity contribution in [2.75, 3.05) is 5.43 Å². The lowest BCUT2D eigenvalue weighted by Gasteiger charge is -2.09.